The van der Waals surface area contributed by atoms with Crippen molar-refractivity contribution in [1.29, 1.82) is 0 Å². The SMILES string of the molecule is NC(=S)Nc1cccc(OCCCCCCCCNC(=S)Nc2ccc(C3CCCCC3)cc2)c1. The number of hydrogen-bond acceptors (Lipinski definition) is 3. The zero-order chi connectivity index (χ0) is 24.7. The Balaban J connectivity index is 1.17. The van der Waals surface area contributed by atoms with Crippen molar-refractivity contribution in [2.45, 2.75) is 76.5 Å². The standard InChI is InChI=1S/C28H40N4OS2/c29-27(34)31-25-13-10-14-26(21-25)33-20-9-4-2-1-3-8-19-30-28(35)32-24-17-15-23(16-18-24)22-11-6-5-7-12-22/h10,13-18,21-22H,1-9,11-12,19-20H2,(H3,29,31,34)(H2,30,32,35). The van der Waals surface area contributed by atoms with Gasteiger partial charge in [-0.05, 0) is 85.9 Å². The van der Waals surface area contributed by atoms with Crippen LogP contribution in [0.25, 0.3) is 0 Å². The Morgan fingerprint density at radius 2 is 1.54 bits per heavy atom. The van der Waals surface area contributed by atoms with E-state index in [0.717, 1.165) is 49.0 Å². The Morgan fingerprint density at radius 3 is 2.29 bits per heavy atom. The molecule has 1 fully saturated rings. The molecule has 0 bridgehead atoms. The normalized spacial score (nSPS) is 13.7. The fraction of sp³-hybridized carbons (Fsp3) is 0.500. The molecule has 3 rings (SSSR count). The lowest BCUT2D eigenvalue weighted by Crippen LogP contribution is -2.29. The van der Waals surface area contributed by atoms with Crippen LogP contribution in [0.4, 0.5) is 11.4 Å². The van der Waals surface area contributed by atoms with Gasteiger partial charge in [0.15, 0.2) is 10.2 Å². The molecule has 2 aromatic rings. The number of benzene rings is 2. The van der Waals surface area contributed by atoms with Crippen molar-refractivity contribution in [2.24, 2.45) is 5.73 Å². The third-order valence-electron chi connectivity index (χ3n) is 6.47. The monoisotopic (exact) mass is 512 g/mol. The van der Waals surface area contributed by atoms with E-state index in [1.807, 2.05) is 24.3 Å². The van der Waals surface area contributed by atoms with Gasteiger partial charge in [-0.2, -0.15) is 0 Å². The predicted octanol–water partition coefficient (Wildman–Crippen LogP) is 7.10. The first-order chi connectivity index (χ1) is 17.1. The van der Waals surface area contributed by atoms with Crippen molar-refractivity contribution in [3.05, 3.63) is 54.1 Å². The van der Waals surface area contributed by atoms with Gasteiger partial charge in [0.25, 0.3) is 0 Å². The Bertz CT molecular complexity index is 913. The molecule has 0 amide bonds. The van der Waals surface area contributed by atoms with Crippen molar-refractivity contribution in [2.75, 3.05) is 23.8 Å². The van der Waals surface area contributed by atoms with Crippen LogP contribution >= 0.6 is 24.4 Å². The summed E-state index contributed by atoms with van der Waals surface area (Å²) in [6.07, 6.45) is 13.8. The summed E-state index contributed by atoms with van der Waals surface area (Å²) in [6.45, 7) is 1.63. The molecule has 5 N–H and O–H groups in total. The molecule has 1 saturated carbocycles. The van der Waals surface area contributed by atoms with E-state index in [0.29, 0.717) is 5.11 Å². The smallest absolute Gasteiger partial charge is 0.170 e. The van der Waals surface area contributed by atoms with Crippen LogP contribution in [0.2, 0.25) is 0 Å². The average molecular weight is 513 g/mol. The molecule has 0 saturated heterocycles. The molecule has 0 spiro atoms. The molecule has 7 heteroatoms. The fourth-order valence-corrected chi connectivity index (χ4v) is 4.92. The Morgan fingerprint density at radius 1 is 0.829 bits per heavy atom. The van der Waals surface area contributed by atoms with Crippen LogP contribution in [0.15, 0.2) is 48.5 Å². The minimum atomic E-state index is 0.259. The van der Waals surface area contributed by atoms with Gasteiger partial charge in [0.2, 0.25) is 0 Å². The second kappa shape index (κ2) is 15.6. The highest BCUT2D eigenvalue weighted by molar-refractivity contribution is 7.80. The molecule has 1 aliphatic carbocycles. The summed E-state index contributed by atoms with van der Waals surface area (Å²) in [7, 11) is 0. The number of hydrogen-bond donors (Lipinski definition) is 4. The van der Waals surface area contributed by atoms with Gasteiger partial charge in [-0.3, -0.25) is 0 Å². The first kappa shape index (κ1) is 27.2. The number of anilines is 2. The van der Waals surface area contributed by atoms with Crippen LogP contribution < -0.4 is 26.4 Å². The number of nitrogens with two attached hydrogens (primary N) is 1. The van der Waals surface area contributed by atoms with Gasteiger partial charge in [0.1, 0.15) is 5.75 Å². The third-order valence-corrected chi connectivity index (χ3v) is 6.82. The van der Waals surface area contributed by atoms with Gasteiger partial charge in [-0.15, -0.1) is 0 Å². The van der Waals surface area contributed by atoms with Gasteiger partial charge in [-0.1, -0.05) is 63.1 Å². The number of nitrogens with one attached hydrogen (secondary N) is 3. The number of rotatable bonds is 13. The minimum absolute atomic E-state index is 0.259. The molecular formula is C28H40N4OS2. The zero-order valence-corrected chi connectivity index (χ0v) is 22.3. The highest BCUT2D eigenvalue weighted by atomic mass is 32.1. The highest BCUT2D eigenvalue weighted by Gasteiger charge is 2.15. The molecular weight excluding hydrogens is 472 g/mol. The Labute approximate surface area is 221 Å². The minimum Gasteiger partial charge on any atom is -0.494 e. The van der Waals surface area contributed by atoms with Gasteiger partial charge < -0.3 is 26.4 Å². The lowest BCUT2D eigenvalue weighted by atomic mass is 9.84. The summed E-state index contributed by atoms with van der Waals surface area (Å²) in [5.41, 5.74) is 8.90. The molecule has 190 valence electrons. The van der Waals surface area contributed by atoms with Crippen molar-refractivity contribution in [3.8, 4) is 5.75 Å². The summed E-state index contributed by atoms with van der Waals surface area (Å²) in [5, 5.41) is 10.5. The van der Waals surface area contributed by atoms with Crippen molar-refractivity contribution >= 4 is 46.0 Å². The van der Waals surface area contributed by atoms with Crippen molar-refractivity contribution in [3.63, 3.8) is 0 Å². The molecule has 0 heterocycles. The molecule has 1 aliphatic rings. The lowest BCUT2D eigenvalue weighted by Gasteiger charge is -2.22. The molecule has 2 aromatic carbocycles. The van der Waals surface area contributed by atoms with Crippen molar-refractivity contribution < 1.29 is 4.74 Å². The molecule has 0 aromatic heterocycles. The Hall–Kier alpha value is -2.38. The van der Waals surface area contributed by atoms with Crippen LogP contribution in [0.5, 0.6) is 5.75 Å². The van der Waals surface area contributed by atoms with Gasteiger partial charge in [0, 0.05) is 24.0 Å². The summed E-state index contributed by atoms with van der Waals surface area (Å²) in [5.74, 6) is 1.58. The molecule has 0 unspecified atom stereocenters. The van der Waals surface area contributed by atoms with E-state index >= 15 is 0 Å². The molecule has 0 aliphatic heterocycles. The number of unbranched alkanes of at least 4 members (excludes halogenated alkanes) is 5. The highest BCUT2D eigenvalue weighted by Crippen LogP contribution is 2.33. The summed E-state index contributed by atoms with van der Waals surface area (Å²) in [4.78, 5) is 0. The quantitative estimate of drug-likeness (QED) is 0.169. The van der Waals surface area contributed by atoms with Crippen LogP contribution in [-0.4, -0.2) is 23.4 Å². The van der Waals surface area contributed by atoms with Gasteiger partial charge in [-0.25, -0.2) is 0 Å². The van der Waals surface area contributed by atoms with E-state index < -0.39 is 0 Å². The maximum atomic E-state index is 5.83. The topological polar surface area (TPSA) is 71.3 Å². The van der Waals surface area contributed by atoms with Crippen LogP contribution in [0.3, 0.4) is 0 Å². The van der Waals surface area contributed by atoms with E-state index in [4.69, 9.17) is 34.9 Å². The maximum Gasteiger partial charge on any atom is 0.170 e. The van der Waals surface area contributed by atoms with E-state index in [1.165, 1.54) is 63.4 Å². The number of ether oxygens (including phenoxy) is 1. The largest absolute Gasteiger partial charge is 0.494 e. The summed E-state index contributed by atoms with van der Waals surface area (Å²) in [6, 6.07) is 16.5. The van der Waals surface area contributed by atoms with E-state index in [-0.39, 0.29) is 5.11 Å². The third kappa shape index (κ3) is 10.8. The first-order valence-electron chi connectivity index (χ1n) is 13.0. The molecule has 0 radical (unpaired) electrons. The summed E-state index contributed by atoms with van der Waals surface area (Å²) < 4.78 is 5.83. The van der Waals surface area contributed by atoms with E-state index in [2.05, 4.69) is 40.2 Å². The molecule has 5 nitrogen and oxygen atoms in total. The van der Waals surface area contributed by atoms with E-state index in [1.54, 1.807) is 0 Å². The van der Waals surface area contributed by atoms with E-state index in [9.17, 15) is 0 Å². The fourth-order valence-electron chi connectivity index (χ4n) is 4.58. The zero-order valence-electron chi connectivity index (χ0n) is 20.7. The molecule has 0 atom stereocenters. The average Bonchev–Trinajstić information content (AvgIpc) is 2.86. The van der Waals surface area contributed by atoms with Gasteiger partial charge in [0.05, 0.1) is 6.61 Å². The van der Waals surface area contributed by atoms with Crippen LogP contribution in [0.1, 0.15) is 82.1 Å². The predicted molar refractivity (Wildman–Crippen MR) is 157 cm³/mol. The van der Waals surface area contributed by atoms with Gasteiger partial charge >= 0.3 is 0 Å². The second-order valence-corrected chi connectivity index (χ2v) is 10.2. The second-order valence-electron chi connectivity index (χ2n) is 9.32. The van der Waals surface area contributed by atoms with Crippen LogP contribution in [0, 0.1) is 0 Å². The maximum absolute atomic E-state index is 5.83. The Kier molecular flexibility index (Phi) is 12.1. The number of thiocarbonyl (C=S) groups is 2. The lowest BCUT2D eigenvalue weighted by molar-refractivity contribution is 0.304. The first-order valence-corrected chi connectivity index (χ1v) is 13.9. The van der Waals surface area contributed by atoms with Crippen molar-refractivity contribution in [1.82, 2.24) is 5.32 Å². The summed E-state index contributed by atoms with van der Waals surface area (Å²) >= 11 is 10.3. The van der Waals surface area contributed by atoms with Crippen LogP contribution in [-0.2, 0) is 0 Å². The molecule has 35 heavy (non-hydrogen) atoms.